The van der Waals surface area contributed by atoms with Crippen LogP contribution in [0.2, 0.25) is 0 Å². The molecule has 2 aromatic carbocycles. The Morgan fingerprint density at radius 3 is 1.61 bits per heavy atom. The monoisotopic (exact) mass is 314 g/mol. The summed E-state index contributed by atoms with van der Waals surface area (Å²) in [6.07, 6.45) is 0. The summed E-state index contributed by atoms with van der Waals surface area (Å²) in [5.74, 6) is -0.250. The summed E-state index contributed by atoms with van der Waals surface area (Å²) in [7, 11) is 0. The summed E-state index contributed by atoms with van der Waals surface area (Å²) in [5, 5.41) is 0. The fraction of sp³-hybridized carbons (Fsp3) is 0.222. The Bertz CT molecular complexity index is 634. The van der Waals surface area contributed by atoms with Crippen LogP contribution in [-0.2, 0) is 14.3 Å². The van der Waals surface area contributed by atoms with Gasteiger partial charge in [0.05, 0.1) is 0 Å². The molecule has 0 N–H and O–H groups in total. The molecule has 0 aliphatic heterocycles. The highest BCUT2D eigenvalue weighted by Gasteiger charge is 2.09. The SMILES string of the molecule is Cc1cccc(OC(=O)COCC(=O)Oc2cccc(C)c2)c1. The highest BCUT2D eigenvalue weighted by Crippen LogP contribution is 2.13. The summed E-state index contributed by atoms with van der Waals surface area (Å²) in [6.45, 7) is 3.15. The van der Waals surface area contributed by atoms with Gasteiger partial charge in [-0.05, 0) is 49.2 Å². The molecule has 0 atom stereocenters. The van der Waals surface area contributed by atoms with Crippen molar-refractivity contribution in [3.8, 4) is 11.5 Å². The largest absolute Gasteiger partial charge is 0.425 e. The summed E-state index contributed by atoms with van der Waals surface area (Å²) in [5.41, 5.74) is 1.97. The topological polar surface area (TPSA) is 61.8 Å². The molecule has 0 saturated carbocycles. The second-order valence-corrected chi connectivity index (χ2v) is 5.07. The van der Waals surface area contributed by atoms with Gasteiger partial charge >= 0.3 is 11.9 Å². The van der Waals surface area contributed by atoms with Crippen molar-refractivity contribution in [1.29, 1.82) is 0 Å². The summed E-state index contributed by atoms with van der Waals surface area (Å²) in [6, 6.07) is 14.2. The molecule has 0 amide bonds. The van der Waals surface area contributed by atoms with E-state index in [4.69, 9.17) is 14.2 Å². The minimum Gasteiger partial charge on any atom is -0.425 e. The van der Waals surface area contributed by atoms with Crippen molar-refractivity contribution in [3.05, 3.63) is 59.7 Å². The Kier molecular flexibility index (Phi) is 5.88. The molecule has 5 nitrogen and oxygen atoms in total. The Morgan fingerprint density at radius 1 is 0.783 bits per heavy atom. The maximum absolute atomic E-state index is 11.6. The van der Waals surface area contributed by atoms with E-state index in [0.29, 0.717) is 11.5 Å². The van der Waals surface area contributed by atoms with E-state index in [1.165, 1.54) is 0 Å². The van der Waals surface area contributed by atoms with Crippen LogP contribution in [-0.4, -0.2) is 25.2 Å². The van der Waals surface area contributed by atoms with E-state index in [0.717, 1.165) is 11.1 Å². The molecule has 2 aromatic rings. The van der Waals surface area contributed by atoms with E-state index in [9.17, 15) is 9.59 Å². The highest BCUT2D eigenvalue weighted by atomic mass is 16.6. The van der Waals surface area contributed by atoms with E-state index in [1.54, 1.807) is 36.4 Å². The Morgan fingerprint density at radius 2 is 1.22 bits per heavy atom. The first-order valence-corrected chi connectivity index (χ1v) is 7.15. The molecule has 0 fully saturated rings. The van der Waals surface area contributed by atoms with Gasteiger partial charge in [0.1, 0.15) is 24.7 Å². The molecule has 0 unspecified atom stereocenters. The highest BCUT2D eigenvalue weighted by molar-refractivity contribution is 5.76. The van der Waals surface area contributed by atoms with Crippen molar-refractivity contribution in [2.45, 2.75) is 13.8 Å². The van der Waals surface area contributed by atoms with Crippen LogP contribution in [0.3, 0.4) is 0 Å². The van der Waals surface area contributed by atoms with Crippen LogP contribution in [0, 0.1) is 13.8 Å². The number of hydrogen-bond acceptors (Lipinski definition) is 5. The molecule has 0 saturated heterocycles. The van der Waals surface area contributed by atoms with Gasteiger partial charge in [0.2, 0.25) is 0 Å². The van der Waals surface area contributed by atoms with Crippen LogP contribution in [0.15, 0.2) is 48.5 Å². The van der Waals surface area contributed by atoms with Crippen molar-refractivity contribution < 1.29 is 23.8 Å². The number of carbonyl (C=O) groups is 2. The van der Waals surface area contributed by atoms with Crippen LogP contribution >= 0.6 is 0 Å². The second kappa shape index (κ2) is 8.10. The van der Waals surface area contributed by atoms with Crippen molar-refractivity contribution in [1.82, 2.24) is 0 Å². The molecule has 0 aliphatic carbocycles. The molecule has 0 aliphatic rings. The molecule has 2 rings (SSSR count). The lowest BCUT2D eigenvalue weighted by molar-refractivity contribution is -0.145. The van der Waals surface area contributed by atoms with Crippen LogP contribution in [0.25, 0.3) is 0 Å². The number of ether oxygens (including phenoxy) is 3. The predicted octanol–water partition coefficient (Wildman–Crippen LogP) is 2.83. The van der Waals surface area contributed by atoms with Gasteiger partial charge in [-0.15, -0.1) is 0 Å². The third kappa shape index (κ3) is 5.92. The van der Waals surface area contributed by atoms with E-state index in [1.807, 2.05) is 26.0 Å². The van der Waals surface area contributed by atoms with Crippen LogP contribution < -0.4 is 9.47 Å². The third-order valence-corrected chi connectivity index (χ3v) is 2.88. The molecular formula is C18H18O5. The van der Waals surface area contributed by atoms with Crippen molar-refractivity contribution in [2.75, 3.05) is 13.2 Å². The zero-order valence-electron chi connectivity index (χ0n) is 13.1. The maximum Gasteiger partial charge on any atom is 0.337 e. The van der Waals surface area contributed by atoms with Gasteiger partial charge in [0, 0.05) is 0 Å². The molecule has 0 bridgehead atoms. The molecule has 0 aromatic heterocycles. The smallest absolute Gasteiger partial charge is 0.337 e. The van der Waals surface area contributed by atoms with E-state index >= 15 is 0 Å². The first-order chi connectivity index (χ1) is 11.0. The molecular weight excluding hydrogens is 296 g/mol. The number of carbonyl (C=O) groups excluding carboxylic acids is 2. The first-order valence-electron chi connectivity index (χ1n) is 7.15. The van der Waals surface area contributed by atoms with Gasteiger partial charge in [0.15, 0.2) is 0 Å². The van der Waals surface area contributed by atoms with Gasteiger partial charge in [-0.2, -0.15) is 0 Å². The number of aryl methyl sites for hydroxylation is 2. The fourth-order valence-corrected chi connectivity index (χ4v) is 1.90. The first kappa shape index (κ1) is 16.7. The molecule has 23 heavy (non-hydrogen) atoms. The minimum atomic E-state index is -0.570. The van der Waals surface area contributed by atoms with E-state index < -0.39 is 11.9 Å². The van der Waals surface area contributed by atoms with Gasteiger partial charge in [-0.1, -0.05) is 24.3 Å². The number of benzene rings is 2. The standard InChI is InChI=1S/C18H18O5/c1-13-5-3-7-15(9-13)22-17(19)11-21-12-18(20)23-16-8-4-6-14(2)10-16/h3-10H,11-12H2,1-2H3. The number of rotatable bonds is 6. The Balaban J connectivity index is 1.71. The second-order valence-electron chi connectivity index (χ2n) is 5.07. The lowest BCUT2D eigenvalue weighted by Crippen LogP contribution is -2.21. The Hall–Kier alpha value is -2.66. The summed E-state index contributed by atoms with van der Waals surface area (Å²) < 4.78 is 15.2. The van der Waals surface area contributed by atoms with Gasteiger partial charge in [0.25, 0.3) is 0 Å². The number of esters is 2. The lowest BCUT2D eigenvalue weighted by atomic mass is 10.2. The average molecular weight is 314 g/mol. The molecule has 0 spiro atoms. The van der Waals surface area contributed by atoms with Gasteiger partial charge in [-0.3, -0.25) is 0 Å². The van der Waals surface area contributed by atoms with Gasteiger partial charge < -0.3 is 14.2 Å². The molecule has 5 heteroatoms. The van der Waals surface area contributed by atoms with E-state index in [2.05, 4.69) is 0 Å². The third-order valence-electron chi connectivity index (χ3n) is 2.88. The van der Waals surface area contributed by atoms with Crippen LogP contribution in [0.4, 0.5) is 0 Å². The van der Waals surface area contributed by atoms with Crippen LogP contribution in [0.1, 0.15) is 11.1 Å². The zero-order valence-corrected chi connectivity index (χ0v) is 13.1. The zero-order chi connectivity index (χ0) is 16.7. The predicted molar refractivity (Wildman–Crippen MR) is 84.4 cm³/mol. The summed E-state index contributed by atoms with van der Waals surface area (Å²) in [4.78, 5) is 23.2. The normalized spacial score (nSPS) is 10.2. The van der Waals surface area contributed by atoms with Crippen molar-refractivity contribution >= 4 is 11.9 Å². The van der Waals surface area contributed by atoms with Gasteiger partial charge in [-0.25, -0.2) is 9.59 Å². The Labute approximate surface area is 134 Å². The average Bonchev–Trinajstić information content (AvgIpc) is 2.47. The van der Waals surface area contributed by atoms with Crippen molar-refractivity contribution in [3.63, 3.8) is 0 Å². The fourth-order valence-electron chi connectivity index (χ4n) is 1.90. The minimum absolute atomic E-state index is 0.323. The number of hydrogen-bond donors (Lipinski definition) is 0. The summed E-state index contributed by atoms with van der Waals surface area (Å²) >= 11 is 0. The molecule has 0 radical (unpaired) electrons. The van der Waals surface area contributed by atoms with Crippen LogP contribution in [0.5, 0.6) is 11.5 Å². The molecule has 120 valence electrons. The van der Waals surface area contributed by atoms with E-state index in [-0.39, 0.29) is 13.2 Å². The quantitative estimate of drug-likeness (QED) is 0.606. The maximum atomic E-state index is 11.6. The molecule has 0 heterocycles. The lowest BCUT2D eigenvalue weighted by Gasteiger charge is -2.07. The van der Waals surface area contributed by atoms with Crippen molar-refractivity contribution in [2.24, 2.45) is 0 Å².